The summed E-state index contributed by atoms with van der Waals surface area (Å²) in [7, 11) is 0. The zero-order chi connectivity index (χ0) is 25.4. The van der Waals surface area contributed by atoms with Crippen molar-refractivity contribution in [3.05, 3.63) is 47.7 Å². The van der Waals surface area contributed by atoms with Crippen LogP contribution in [0.15, 0.2) is 42.2 Å². The Morgan fingerprint density at radius 2 is 1.66 bits per heavy atom. The first-order chi connectivity index (χ1) is 16.6. The molecule has 1 aliphatic carbocycles. The molecule has 0 bridgehead atoms. The van der Waals surface area contributed by atoms with Crippen LogP contribution in [0.2, 0.25) is 0 Å². The minimum absolute atomic E-state index is 0.249. The number of aliphatic hydroxyl groups is 5. The van der Waals surface area contributed by atoms with Crippen LogP contribution >= 0.6 is 0 Å². The van der Waals surface area contributed by atoms with Gasteiger partial charge in [0, 0.05) is 17.8 Å². The third kappa shape index (κ3) is 4.66. The fourth-order valence-electron chi connectivity index (χ4n) is 4.98. The van der Waals surface area contributed by atoms with E-state index in [-0.39, 0.29) is 11.1 Å². The number of hydrogen-bond acceptors (Lipinski definition) is 11. The molecule has 11 atom stereocenters. The van der Waals surface area contributed by atoms with Gasteiger partial charge in [0.05, 0.1) is 30.1 Å². The Morgan fingerprint density at radius 3 is 2.29 bits per heavy atom. The van der Waals surface area contributed by atoms with Crippen molar-refractivity contribution in [2.24, 2.45) is 17.8 Å². The summed E-state index contributed by atoms with van der Waals surface area (Å²) in [6.07, 6.45) is -10.7. The molecule has 0 aromatic heterocycles. The standard InChI is InChI=1S/C23H28O12/c1-9-13-14(16(26)19(9)34-21(31)10-5-3-2-4-6-10)11(20(29)30)8-32-22(13)35-23-18(28)17(27)15(25)12(7-24)33-23/h2-6,8-9,12-19,22-28H,7H2,1H3,(H,29,30)/t9-,12+,13-,14+,15-,16+,17-,18-,19-,22-,23+/m1/s1. The highest BCUT2D eigenvalue weighted by atomic mass is 16.8. The lowest BCUT2D eigenvalue weighted by Gasteiger charge is -2.43. The van der Waals surface area contributed by atoms with Gasteiger partial charge in [-0.2, -0.15) is 0 Å². The van der Waals surface area contributed by atoms with Gasteiger partial charge in [0.15, 0.2) is 6.29 Å². The maximum absolute atomic E-state index is 12.6. The van der Waals surface area contributed by atoms with Gasteiger partial charge in [-0.1, -0.05) is 25.1 Å². The fraction of sp³-hybridized carbons (Fsp3) is 0.565. The third-order valence-corrected chi connectivity index (χ3v) is 6.86. The van der Waals surface area contributed by atoms with Crippen LogP contribution in [-0.4, -0.2) is 98.4 Å². The molecule has 3 aliphatic rings. The topological polar surface area (TPSA) is 192 Å². The number of fused-ring (bicyclic) bond motifs is 1. The summed E-state index contributed by atoms with van der Waals surface area (Å²) < 4.78 is 22.1. The van der Waals surface area contributed by atoms with E-state index in [1.165, 1.54) is 12.1 Å². The number of hydrogen-bond donors (Lipinski definition) is 6. The van der Waals surface area contributed by atoms with Crippen molar-refractivity contribution in [3.8, 4) is 0 Å². The van der Waals surface area contributed by atoms with Crippen LogP contribution in [0.3, 0.4) is 0 Å². The zero-order valence-corrected chi connectivity index (χ0v) is 18.7. The molecule has 192 valence electrons. The quantitative estimate of drug-likeness (QED) is 0.253. The molecule has 1 saturated carbocycles. The predicted molar refractivity (Wildman–Crippen MR) is 113 cm³/mol. The monoisotopic (exact) mass is 496 g/mol. The number of ether oxygens (including phenoxy) is 4. The lowest BCUT2D eigenvalue weighted by atomic mass is 9.82. The smallest absolute Gasteiger partial charge is 0.338 e. The van der Waals surface area contributed by atoms with Gasteiger partial charge in [-0.15, -0.1) is 0 Å². The maximum Gasteiger partial charge on any atom is 0.338 e. The number of carboxylic acid groups (broad SMARTS) is 1. The molecule has 2 fully saturated rings. The van der Waals surface area contributed by atoms with Gasteiger partial charge < -0.3 is 49.6 Å². The number of benzene rings is 1. The Bertz CT molecular complexity index is 949. The molecule has 1 aromatic carbocycles. The second-order valence-corrected chi connectivity index (χ2v) is 8.90. The van der Waals surface area contributed by atoms with E-state index >= 15 is 0 Å². The molecule has 12 heteroatoms. The Labute approximate surface area is 199 Å². The summed E-state index contributed by atoms with van der Waals surface area (Å²) in [6, 6.07) is 8.10. The summed E-state index contributed by atoms with van der Waals surface area (Å²) in [4.78, 5) is 24.5. The van der Waals surface area contributed by atoms with E-state index < -0.39 is 85.5 Å². The first kappa shape index (κ1) is 25.5. The van der Waals surface area contributed by atoms with E-state index in [2.05, 4.69) is 0 Å². The molecule has 0 spiro atoms. The maximum atomic E-state index is 12.6. The SMILES string of the molecule is C[C@H]1[C@@H](OC(=O)c2ccccc2)[C@@H](O)[C@H]2C(C(=O)O)=CO[C@H](O[C@@H]3O[C@@H](CO)[C@@H](O)[C@@H](O)[C@H]3O)[C@H]12. The highest BCUT2D eigenvalue weighted by Gasteiger charge is 2.59. The van der Waals surface area contributed by atoms with Crippen LogP contribution in [0.25, 0.3) is 0 Å². The Balaban J connectivity index is 1.58. The minimum atomic E-state index is -1.71. The van der Waals surface area contributed by atoms with Crippen LogP contribution in [-0.2, 0) is 23.7 Å². The van der Waals surface area contributed by atoms with Crippen molar-refractivity contribution in [1.82, 2.24) is 0 Å². The highest BCUT2D eigenvalue weighted by molar-refractivity contribution is 5.89. The molecule has 0 radical (unpaired) electrons. The molecule has 6 N–H and O–H groups in total. The normalized spacial score (nSPS) is 40.9. The van der Waals surface area contributed by atoms with Crippen LogP contribution in [0, 0.1) is 17.8 Å². The van der Waals surface area contributed by atoms with Crippen molar-refractivity contribution >= 4 is 11.9 Å². The summed E-state index contributed by atoms with van der Waals surface area (Å²) >= 11 is 0. The van der Waals surface area contributed by atoms with Crippen molar-refractivity contribution in [2.45, 2.75) is 56.1 Å². The lowest BCUT2D eigenvalue weighted by molar-refractivity contribution is -0.343. The van der Waals surface area contributed by atoms with Gasteiger partial charge in [-0.05, 0) is 12.1 Å². The van der Waals surface area contributed by atoms with Gasteiger partial charge in [0.2, 0.25) is 6.29 Å². The van der Waals surface area contributed by atoms with Gasteiger partial charge in [-0.25, -0.2) is 9.59 Å². The van der Waals surface area contributed by atoms with Gasteiger partial charge >= 0.3 is 11.9 Å². The van der Waals surface area contributed by atoms with Crippen LogP contribution in [0.4, 0.5) is 0 Å². The number of carbonyl (C=O) groups is 2. The Morgan fingerprint density at radius 1 is 0.971 bits per heavy atom. The Kier molecular flexibility index (Phi) is 7.43. The largest absolute Gasteiger partial charge is 0.478 e. The third-order valence-electron chi connectivity index (χ3n) is 6.86. The first-order valence-corrected chi connectivity index (χ1v) is 11.1. The fourth-order valence-corrected chi connectivity index (χ4v) is 4.98. The molecule has 0 amide bonds. The van der Waals surface area contributed by atoms with E-state index in [1.807, 2.05) is 0 Å². The number of esters is 1. The molecule has 0 unspecified atom stereocenters. The van der Waals surface area contributed by atoms with E-state index in [4.69, 9.17) is 18.9 Å². The van der Waals surface area contributed by atoms with Gasteiger partial charge in [-0.3, -0.25) is 0 Å². The summed E-state index contributed by atoms with van der Waals surface area (Å²) in [6.45, 7) is 0.965. The molecule has 4 rings (SSSR count). The van der Waals surface area contributed by atoms with Crippen molar-refractivity contribution in [3.63, 3.8) is 0 Å². The number of rotatable bonds is 6. The Hall–Kier alpha value is -2.58. The first-order valence-electron chi connectivity index (χ1n) is 11.1. The minimum Gasteiger partial charge on any atom is -0.478 e. The highest BCUT2D eigenvalue weighted by Crippen LogP contribution is 2.48. The predicted octanol–water partition coefficient (Wildman–Crippen LogP) is -1.40. The van der Waals surface area contributed by atoms with Gasteiger partial charge in [0.25, 0.3) is 0 Å². The molecule has 35 heavy (non-hydrogen) atoms. The van der Waals surface area contributed by atoms with E-state index in [0.29, 0.717) is 0 Å². The van der Waals surface area contributed by atoms with E-state index in [9.17, 15) is 40.2 Å². The second kappa shape index (κ2) is 10.2. The van der Waals surface area contributed by atoms with Gasteiger partial charge in [0.1, 0.15) is 30.5 Å². The van der Waals surface area contributed by atoms with E-state index in [1.54, 1.807) is 25.1 Å². The molecule has 12 nitrogen and oxygen atoms in total. The number of carbonyl (C=O) groups excluding carboxylic acids is 1. The number of carboxylic acids is 1. The molecule has 2 aliphatic heterocycles. The summed E-state index contributed by atoms with van der Waals surface area (Å²) in [5, 5.41) is 60.4. The summed E-state index contributed by atoms with van der Waals surface area (Å²) in [5.41, 5.74) is 0.00223. The number of aliphatic carboxylic acids is 1. The average Bonchev–Trinajstić information content (AvgIpc) is 3.10. The van der Waals surface area contributed by atoms with Crippen molar-refractivity contribution in [2.75, 3.05) is 6.61 Å². The lowest BCUT2D eigenvalue weighted by Crippen LogP contribution is -2.60. The molecular weight excluding hydrogens is 468 g/mol. The second-order valence-electron chi connectivity index (χ2n) is 8.90. The van der Waals surface area contributed by atoms with Crippen molar-refractivity contribution < 1.29 is 59.2 Å². The van der Waals surface area contributed by atoms with Crippen LogP contribution in [0.5, 0.6) is 0 Å². The van der Waals surface area contributed by atoms with E-state index in [0.717, 1.165) is 6.26 Å². The molecule has 1 aromatic rings. The zero-order valence-electron chi connectivity index (χ0n) is 18.7. The summed E-state index contributed by atoms with van der Waals surface area (Å²) in [5.74, 6) is -4.62. The molecule has 1 saturated heterocycles. The molecular formula is C23H28O12. The number of aliphatic hydroxyl groups excluding tert-OH is 5. The van der Waals surface area contributed by atoms with Crippen LogP contribution in [0.1, 0.15) is 17.3 Å². The average molecular weight is 496 g/mol. The molecule has 2 heterocycles. The van der Waals surface area contributed by atoms with Crippen LogP contribution < -0.4 is 0 Å². The van der Waals surface area contributed by atoms with Crippen molar-refractivity contribution in [1.29, 1.82) is 0 Å².